The van der Waals surface area contributed by atoms with E-state index in [0.717, 1.165) is 16.8 Å². The largest absolute Gasteiger partial charge is 0.466 e. The highest BCUT2D eigenvalue weighted by Crippen LogP contribution is 2.19. The Labute approximate surface area is 101 Å². The molecule has 0 heterocycles. The molecule has 1 aromatic rings. The van der Waals surface area contributed by atoms with Gasteiger partial charge in [0.2, 0.25) is 5.91 Å². The Balaban J connectivity index is 2.65. The zero-order valence-electron chi connectivity index (χ0n) is 10.4. The van der Waals surface area contributed by atoms with Gasteiger partial charge in [-0.25, -0.2) is 0 Å². The number of amides is 1. The van der Waals surface area contributed by atoms with Crippen LogP contribution in [-0.4, -0.2) is 18.5 Å². The predicted octanol–water partition coefficient (Wildman–Crippen LogP) is 2.20. The fourth-order valence-electron chi connectivity index (χ4n) is 1.54. The van der Waals surface area contributed by atoms with Gasteiger partial charge in [-0.15, -0.1) is 0 Å². The third kappa shape index (κ3) is 3.90. The van der Waals surface area contributed by atoms with Crippen LogP contribution in [0.25, 0.3) is 0 Å². The molecular formula is C13H17NO3. The summed E-state index contributed by atoms with van der Waals surface area (Å²) in [7, 11) is 0. The van der Waals surface area contributed by atoms with Gasteiger partial charge in [0.1, 0.15) is 6.42 Å². The van der Waals surface area contributed by atoms with Crippen LogP contribution in [0.3, 0.4) is 0 Å². The lowest BCUT2D eigenvalue weighted by Gasteiger charge is -2.10. The van der Waals surface area contributed by atoms with E-state index in [4.69, 9.17) is 4.74 Å². The van der Waals surface area contributed by atoms with E-state index in [2.05, 4.69) is 5.32 Å². The van der Waals surface area contributed by atoms with Crippen molar-refractivity contribution in [2.24, 2.45) is 0 Å². The first kappa shape index (κ1) is 13.2. The number of hydrogen-bond acceptors (Lipinski definition) is 3. The van der Waals surface area contributed by atoms with Crippen LogP contribution in [0.4, 0.5) is 5.69 Å². The highest BCUT2D eigenvalue weighted by molar-refractivity contribution is 6.02. The Morgan fingerprint density at radius 2 is 1.82 bits per heavy atom. The smallest absolute Gasteiger partial charge is 0.315 e. The molecule has 0 radical (unpaired) electrons. The molecule has 0 unspecified atom stereocenters. The van der Waals surface area contributed by atoms with Crippen LogP contribution in [0, 0.1) is 13.8 Å². The summed E-state index contributed by atoms with van der Waals surface area (Å²) in [6, 6.07) is 5.74. The summed E-state index contributed by atoms with van der Waals surface area (Å²) >= 11 is 0. The fraction of sp³-hybridized carbons (Fsp3) is 0.385. The lowest BCUT2D eigenvalue weighted by molar-refractivity contribution is -0.145. The number of aryl methyl sites for hydroxylation is 2. The Morgan fingerprint density at radius 1 is 1.24 bits per heavy atom. The molecule has 0 saturated carbocycles. The number of benzene rings is 1. The van der Waals surface area contributed by atoms with E-state index in [1.807, 2.05) is 32.0 Å². The molecule has 1 amide bonds. The molecule has 0 aliphatic heterocycles. The zero-order valence-corrected chi connectivity index (χ0v) is 10.4. The molecule has 0 spiro atoms. The number of ether oxygens (including phenoxy) is 1. The molecule has 17 heavy (non-hydrogen) atoms. The topological polar surface area (TPSA) is 55.4 Å². The van der Waals surface area contributed by atoms with Gasteiger partial charge >= 0.3 is 5.97 Å². The van der Waals surface area contributed by atoms with Crippen molar-refractivity contribution in [3.8, 4) is 0 Å². The van der Waals surface area contributed by atoms with E-state index in [1.165, 1.54) is 0 Å². The number of anilines is 1. The number of nitrogens with one attached hydrogen (secondary N) is 1. The maximum Gasteiger partial charge on any atom is 0.315 e. The second-order valence-corrected chi connectivity index (χ2v) is 3.80. The summed E-state index contributed by atoms with van der Waals surface area (Å²) < 4.78 is 4.71. The van der Waals surface area contributed by atoms with Crippen LogP contribution in [0.15, 0.2) is 18.2 Å². The normalized spacial score (nSPS) is 9.82. The van der Waals surface area contributed by atoms with E-state index in [0.29, 0.717) is 0 Å². The van der Waals surface area contributed by atoms with Crippen molar-refractivity contribution in [2.75, 3.05) is 11.9 Å². The molecule has 0 aliphatic rings. The molecule has 92 valence electrons. The van der Waals surface area contributed by atoms with Crippen LogP contribution in [-0.2, 0) is 14.3 Å². The number of esters is 1. The molecular weight excluding hydrogens is 218 g/mol. The van der Waals surface area contributed by atoms with Gasteiger partial charge in [-0.1, -0.05) is 18.2 Å². The summed E-state index contributed by atoms with van der Waals surface area (Å²) in [5, 5.41) is 2.73. The number of hydrogen-bond donors (Lipinski definition) is 1. The SMILES string of the molecule is CCOC(=O)CC(=O)Nc1c(C)cccc1C. The van der Waals surface area contributed by atoms with Crippen molar-refractivity contribution in [1.82, 2.24) is 0 Å². The average Bonchev–Trinajstić information content (AvgIpc) is 2.24. The van der Waals surface area contributed by atoms with Crippen LogP contribution in [0.1, 0.15) is 24.5 Å². The minimum Gasteiger partial charge on any atom is -0.466 e. The quantitative estimate of drug-likeness (QED) is 0.643. The summed E-state index contributed by atoms with van der Waals surface area (Å²) in [6.07, 6.45) is -0.248. The first-order valence-corrected chi connectivity index (χ1v) is 5.56. The van der Waals surface area contributed by atoms with Crippen molar-refractivity contribution in [3.05, 3.63) is 29.3 Å². The molecule has 0 aromatic heterocycles. The van der Waals surface area contributed by atoms with Crippen LogP contribution in [0.5, 0.6) is 0 Å². The first-order valence-electron chi connectivity index (χ1n) is 5.56. The third-order valence-corrected chi connectivity index (χ3v) is 2.36. The number of carbonyl (C=O) groups is 2. The first-order chi connectivity index (χ1) is 8.04. The monoisotopic (exact) mass is 235 g/mol. The highest BCUT2D eigenvalue weighted by atomic mass is 16.5. The standard InChI is InChI=1S/C13H17NO3/c1-4-17-12(16)8-11(15)14-13-9(2)6-5-7-10(13)3/h5-7H,4,8H2,1-3H3,(H,14,15). The van der Waals surface area contributed by atoms with E-state index in [1.54, 1.807) is 6.92 Å². The second kappa shape index (κ2) is 6.03. The Hall–Kier alpha value is -1.84. The van der Waals surface area contributed by atoms with Gasteiger partial charge in [-0.2, -0.15) is 0 Å². The molecule has 1 N–H and O–H groups in total. The summed E-state index contributed by atoms with van der Waals surface area (Å²) in [5.41, 5.74) is 2.71. The summed E-state index contributed by atoms with van der Waals surface area (Å²) in [4.78, 5) is 22.7. The maximum atomic E-state index is 11.6. The Bertz CT molecular complexity index is 406. The van der Waals surface area contributed by atoms with Crippen molar-refractivity contribution < 1.29 is 14.3 Å². The minimum absolute atomic E-state index is 0.248. The molecule has 0 fully saturated rings. The fourth-order valence-corrected chi connectivity index (χ4v) is 1.54. The van der Waals surface area contributed by atoms with Gasteiger partial charge in [0.05, 0.1) is 6.61 Å². The van der Waals surface area contributed by atoms with E-state index < -0.39 is 5.97 Å². The van der Waals surface area contributed by atoms with Crippen molar-refractivity contribution in [2.45, 2.75) is 27.2 Å². The predicted molar refractivity (Wildman–Crippen MR) is 65.8 cm³/mol. The lowest BCUT2D eigenvalue weighted by atomic mass is 10.1. The number of rotatable bonds is 4. The molecule has 4 heteroatoms. The van der Waals surface area contributed by atoms with Gasteiger partial charge in [-0.3, -0.25) is 9.59 Å². The minimum atomic E-state index is -0.503. The Morgan fingerprint density at radius 3 is 2.35 bits per heavy atom. The molecule has 1 rings (SSSR count). The average molecular weight is 235 g/mol. The van der Waals surface area contributed by atoms with Gasteiger partial charge in [0.25, 0.3) is 0 Å². The van der Waals surface area contributed by atoms with Crippen LogP contribution in [0.2, 0.25) is 0 Å². The molecule has 0 saturated heterocycles. The van der Waals surface area contributed by atoms with Crippen molar-refractivity contribution in [1.29, 1.82) is 0 Å². The van der Waals surface area contributed by atoms with Gasteiger partial charge in [-0.05, 0) is 31.9 Å². The molecule has 0 bridgehead atoms. The highest BCUT2D eigenvalue weighted by Gasteiger charge is 2.12. The van der Waals surface area contributed by atoms with Crippen LogP contribution >= 0.6 is 0 Å². The zero-order chi connectivity index (χ0) is 12.8. The van der Waals surface area contributed by atoms with Gasteiger partial charge < -0.3 is 10.1 Å². The number of carbonyl (C=O) groups excluding carboxylic acids is 2. The second-order valence-electron chi connectivity index (χ2n) is 3.80. The summed E-state index contributed by atoms with van der Waals surface area (Å²) in [5.74, 6) is -0.850. The van der Waals surface area contributed by atoms with Gasteiger partial charge in [0.15, 0.2) is 0 Å². The third-order valence-electron chi connectivity index (χ3n) is 2.36. The van der Waals surface area contributed by atoms with Crippen molar-refractivity contribution >= 4 is 17.6 Å². The van der Waals surface area contributed by atoms with E-state index in [9.17, 15) is 9.59 Å². The van der Waals surface area contributed by atoms with Crippen molar-refractivity contribution in [3.63, 3.8) is 0 Å². The lowest BCUT2D eigenvalue weighted by Crippen LogP contribution is -2.19. The number of para-hydroxylation sites is 1. The summed E-state index contributed by atoms with van der Waals surface area (Å²) in [6.45, 7) is 5.82. The van der Waals surface area contributed by atoms with E-state index >= 15 is 0 Å². The molecule has 1 aromatic carbocycles. The van der Waals surface area contributed by atoms with E-state index in [-0.39, 0.29) is 18.9 Å². The maximum absolute atomic E-state index is 11.6. The molecule has 0 atom stereocenters. The van der Waals surface area contributed by atoms with Crippen LogP contribution < -0.4 is 5.32 Å². The molecule has 4 nitrogen and oxygen atoms in total. The molecule has 0 aliphatic carbocycles. The Kier molecular flexibility index (Phi) is 4.69. The van der Waals surface area contributed by atoms with Gasteiger partial charge in [0, 0.05) is 5.69 Å².